The maximum atomic E-state index is 11.5. The van der Waals surface area contributed by atoms with Crippen molar-refractivity contribution in [2.24, 2.45) is 0 Å². The fourth-order valence-corrected chi connectivity index (χ4v) is 1.88. The van der Waals surface area contributed by atoms with Crippen LogP contribution in [-0.2, 0) is 15.3 Å². The van der Waals surface area contributed by atoms with Gasteiger partial charge in [0.1, 0.15) is 11.3 Å². The first kappa shape index (κ1) is 13.6. The van der Waals surface area contributed by atoms with Crippen LogP contribution in [0.15, 0.2) is 16.7 Å². The molecule has 1 atom stereocenters. The number of thioether (sulfide) groups is 1. The molecule has 1 rings (SSSR count). The molecule has 5 nitrogen and oxygen atoms in total. The molecule has 0 fully saturated rings. The fraction of sp³-hybridized carbons (Fsp3) is 0.455. The molecule has 17 heavy (non-hydrogen) atoms. The fourth-order valence-electron chi connectivity index (χ4n) is 1.12. The lowest BCUT2D eigenvalue weighted by Crippen LogP contribution is -2.12. The molecule has 1 heterocycles. The number of carbonyl (C=O) groups is 2. The summed E-state index contributed by atoms with van der Waals surface area (Å²) in [5.74, 6) is -0.560. The molecule has 0 aromatic carbocycles. The number of carboxylic acids is 1. The van der Waals surface area contributed by atoms with Crippen molar-refractivity contribution in [2.45, 2.75) is 24.9 Å². The molecule has 1 unspecified atom stereocenters. The lowest BCUT2D eigenvalue weighted by Gasteiger charge is -2.05. The minimum atomic E-state index is -0.890. The average molecular weight is 258 g/mol. The number of aliphatic carboxylic acids is 1. The lowest BCUT2D eigenvalue weighted by molar-refractivity contribution is -0.136. The van der Waals surface area contributed by atoms with Crippen molar-refractivity contribution in [3.63, 3.8) is 0 Å². The van der Waals surface area contributed by atoms with Gasteiger partial charge in [-0.05, 0) is 19.9 Å². The van der Waals surface area contributed by atoms with Crippen molar-refractivity contribution >= 4 is 23.7 Å². The molecule has 0 aliphatic heterocycles. The normalized spacial score (nSPS) is 12.1. The van der Waals surface area contributed by atoms with Gasteiger partial charge in [0.25, 0.3) is 0 Å². The van der Waals surface area contributed by atoms with Crippen LogP contribution in [0, 0.1) is 0 Å². The second-order valence-electron chi connectivity index (χ2n) is 3.27. The van der Waals surface area contributed by atoms with Crippen LogP contribution in [0.25, 0.3) is 0 Å². The number of carbonyl (C=O) groups excluding carboxylic acids is 1. The number of furan rings is 1. The molecule has 1 aromatic heterocycles. The Hall–Kier alpha value is -1.43. The highest BCUT2D eigenvalue weighted by Crippen LogP contribution is 2.22. The van der Waals surface area contributed by atoms with Gasteiger partial charge in [-0.1, -0.05) is 0 Å². The summed E-state index contributed by atoms with van der Waals surface area (Å²) in [5.41, 5.74) is 0.358. The largest absolute Gasteiger partial charge is 0.480 e. The standard InChI is InChI=1S/C11H14O5S/c1-3-15-11(14)8-4-5-16-9(8)6-17-7(2)10(12)13/h4-5,7H,3,6H2,1-2H3,(H,12,13). The average Bonchev–Trinajstić information content (AvgIpc) is 2.74. The van der Waals surface area contributed by atoms with E-state index in [1.54, 1.807) is 13.8 Å². The van der Waals surface area contributed by atoms with Gasteiger partial charge < -0.3 is 14.3 Å². The van der Waals surface area contributed by atoms with Crippen LogP contribution in [-0.4, -0.2) is 28.9 Å². The van der Waals surface area contributed by atoms with Gasteiger partial charge in [0.2, 0.25) is 0 Å². The molecule has 0 radical (unpaired) electrons. The Morgan fingerprint density at radius 3 is 2.88 bits per heavy atom. The van der Waals surface area contributed by atoms with Crippen molar-refractivity contribution in [1.82, 2.24) is 0 Å². The lowest BCUT2D eigenvalue weighted by atomic mass is 10.3. The summed E-state index contributed by atoms with van der Waals surface area (Å²) < 4.78 is 10.0. The van der Waals surface area contributed by atoms with Crippen molar-refractivity contribution < 1.29 is 23.8 Å². The van der Waals surface area contributed by atoms with Gasteiger partial charge in [-0.3, -0.25) is 4.79 Å². The van der Waals surface area contributed by atoms with Gasteiger partial charge in [0.15, 0.2) is 0 Å². The molecule has 0 aliphatic rings. The SMILES string of the molecule is CCOC(=O)c1ccoc1CSC(C)C(=O)O. The molecule has 0 bridgehead atoms. The summed E-state index contributed by atoms with van der Waals surface area (Å²) in [6.07, 6.45) is 1.40. The van der Waals surface area contributed by atoms with Gasteiger partial charge in [0.05, 0.1) is 23.9 Å². The van der Waals surface area contributed by atoms with Crippen molar-refractivity contribution in [1.29, 1.82) is 0 Å². The Bertz CT molecular complexity index is 398. The summed E-state index contributed by atoms with van der Waals surface area (Å²) >= 11 is 1.19. The molecule has 94 valence electrons. The summed E-state index contributed by atoms with van der Waals surface area (Å²) in [4.78, 5) is 22.1. The molecular weight excluding hydrogens is 244 g/mol. The van der Waals surface area contributed by atoms with E-state index in [-0.39, 0.29) is 0 Å². The van der Waals surface area contributed by atoms with Gasteiger partial charge >= 0.3 is 11.9 Å². The van der Waals surface area contributed by atoms with Gasteiger partial charge in [-0.15, -0.1) is 11.8 Å². The number of rotatable bonds is 6. The van der Waals surface area contributed by atoms with Crippen LogP contribution in [0.5, 0.6) is 0 Å². The smallest absolute Gasteiger partial charge is 0.341 e. The zero-order valence-corrected chi connectivity index (χ0v) is 10.5. The second-order valence-corrected chi connectivity index (χ2v) is 4.60. The zero-order chi connectivity index (χ0) is 12.8. The van der Waals surface area contributed by atoms with E-state index in [1.807, 2.05) is 0 Å². The van der Waals surface area contributed by atoms with Gasteiger partial charge in [-0.2, -0.15) is 0 Å². The summed E-state index contributed by atoms with van der Waals surface area (Å²) in [7, 11) is 0. The maximum absolute atomic E-state index is 11.5. The van der Waals surface area contributed by atoms with Crippen molar-refractivity contribution in [3.8, 4) is 0 Å². The van der Waals surface area contributed by atoms with Crippen LogP contribution < -0.4 is 0 Å². The highest BCUT2D eigenvalue weighted by Gasteiger charge is 2.18. The van der Waals surface area contributed by atoms with E-state index >= 15 is 0 Å². The molecule has 0 saturated heterocycles. The third-order valence-electron chi connectivity index (χ3n) is 2.05. The van der Waals surface area contributed by atoms with Crippen LogP contribution in [0.4, 0.5) is 0 Å². The van der Waals surface area contributed by atoms with E-state index in [4.69, 9.17) is 14.3 Å². The minimum Gasteiger partial charge on any atom is -0.480 e. The maximum Gasteiger partial charge on any atom is 0.341 e. The van der Waals surface area contributed by atoms with E-state index in [9.17, 15) is 9.59 Å². The highest BCUT2D eigenvalue weighted by molar-refractivity contribution is 7.99. The topological polar surface area (TPSA) is 76.7 Å². The van der Waals surface area contributed by atoms with Gasteiger partial charge in [0, 0.05) is 0 Å². The first-order chi connectivity index (χ1) is 8.06. The minimum absolute atomic E-state index is 0.294. The van der Waals surface area contributed by atoms with E-state index in [0.29, 0.717) is 23.7 Å². The first-order valence-corrected chi connectivity index (χ1v) is 6.19. The Morgan fingerprint density at radius 2 is 2.29 bits per heavy atom. The Kier molecular flexibility index (Phi) is 5.09. The Morgan fingerprint density at radius 1 is 1.59 bits per heavy atom. The van der Waals surface area contributed by atoms with Gasteiger partial charge in [-0.25, -0.2) is 4.79 Å². The van der Waals surface area contributed by atoms with Crippen LogP contribution >= 0.6 is 11.8 Å². The van der Waals surface area contributed by atoms with Crippen molar-refractivity contribution in [3.05, 3.63) is 23.7 Å². The quantitative estimate of drug-likeness (QED) is 0.788. The predicted molar refractivity (Wildman–Crippen MR) is 63.1 cm³/mol. The molecule has 0 spiro atoms. The highest BCUT2D eigenvalue weighted by atomic mass is 32.2. The van der Waals surface area contributed by atoms with Crippen LogP contribution in [0.1, 0.15) is 30.0 Å². The van der Waals surface area contributed by atoms with Crippen molar-refractivity contribution in [2.75, 3.05) is 6.61 Å². The van der Waals surface area contributed by atoms with E-state index in [1.165, 1.54) is 24.1 Å². The monoisotopic (exact) mass is 258 g/mol. The third kappa shape index (κ3) is 3.81. The van der Waals surface area contributed by atoms with E-state index < -0.39 is 17.2 Å². The molecule has 1 aromatic rings. The number of esters is 1. The summed E-state index contributed by atoms with van der Waals surface area (Å²) in [5, 5.41) is 8.18. The number of ether oxygens (including phenoxy) is 1. The predicted octanol–water partition coefficient (Wildman–Crippen LogP) is 2.16. The number of carboxylic acid groups (broad SMARTS) is 1. The molecule has 0 saturated carbocycles. The summed E-state index contributed by atoms with van der Waals surface area (Å²) in [6, 6.07) is 1.53. The molecule has 6 heteroatoms. The zero-order valence-electron chi connectivity index (χ0n) is 9.63. The van der Waals surface area contributed by atoms with Crippen LogP contribution in [0.2, 0.25) is 0 Å². The van der Waals surface area contributed by atoms with E-state index in [2.05, 4.69) is 0 Å². The van der Waals surface area contributed by atoms with Crippen LogP contribution in [0.3, 0.4) is 0 Å². The molecule has 0 amide bonds. The number of hydrogen-bond donors (Lipinski definition) is 1. The molecular formula is C11H14O5S. The third-order valence-corrected chi connectivity index (χ3v) is 3.18. The second kappa shape index (κ2) is 6.34. The molecule has 1 N–H and O–H groups in total. The van der Waals surface area contributed by atoms with E-state index in [0.717, 1.165) is 0 Å². The Balaban J connectivity index is 2.63. The molecule has 0 aliphatic carbocycles. The first-order valence-electron chi connectivity index (χ1n) is 5.14. The summed E-state index contributed by atoms with van der Waals surface area (Å²) in [6.45, 7) is 3.60. The Labute approximate surface area is 103 Å². The number of hydrogen-bond acceptors (Lipinski definition) is 5.